The van der Waals surface area contributed by atoms with Crippen LogP contribution in [0.15, 0.2) is 24.3 Å². The lowest BCUT2D eigenvalue weighted by Gasteiger charge is -2.22. The Hall–Kier alpha value is -1.68. The minimum Gasteiger partial charge on any atom is -0.396 e. The average molecular weight is 271 g/mol. The second-order valence-corrected chi connectivity index (χ2v) is 5.66. The molecule has 1 atom stereocenters. The smallest absolute Gasteiger partial charge is 0.133 e. The molecule has 0 radical (unpaired) electrons. The van der Waals surface area contributed by atoms with Crippen molar-refractivity contribution in [2.24, 2.45) is 5.92 Å². The maximum Gasteiger partial charge on any atom is 0.133 e. The van der Waals surface area contributed by atoms with E-state index in [0.717, 1.165) is 43.9 Å². The third-order valence-electron chi connectivity index (χ3n) is 4.26. The van der Waals surface area contributed by atoms with Gasteiger partial charge in [0.1, 0.15) is 11.6 Å². The highest BCUT2D eigenvalue weighted by Crippen LogP contribution is 2.20. The van der Waals surface area contributed by atoms with Crippen molar-refractivity contribution in [3.63, 3.8) is 0 Å². The molecule has 20 heavy (non-hydrogen) atoms. The van der Waals surface area contributed by atoms with Crippen molar-refractivity contribution in [3.05, 3.63) is 47.0 Å². The second kappa shape index (κ2) is 5.75. The first-order chi connectivity index (χ1) is 9.78. The number of nitrogens with zero attached hydrogens (tertiary/aromatic N) is 3. The summed E-state index contributed by atoms with van der Waals surface area (Å²) in [4.78, 5) is 0. The van der Waals surface area contributed by atoms with Gasteiger partial charge in [-0.05, 0) is 30.9 Å². The molecule has 3 rings (SSSR count). The molecule has 106 valence electrons. The number of aryl methyl sites for hydroxylation is 4. The summed E-state index contributed by atoms with van der Waals surface area (Å²) in [6, 6.07) is 8.49. The lowest BCUT2D eigenvalue weighted by atomic mass is 10.00. The average Bonchev–Trinajstić information content (AvgIpc) is 2.88. The SMILES string of the molecule is Cc1ccccc1CCc1nnc2n1CC(CO)CC2. The Bertz CT molecular complexity index is 591. The Kier molecular flexibility index (Phi) is 3.83. The van der Waals surface area contributed by atoms with E-state index in [0.29, 0.717) is 5.92 Å². The molecule has 0 amide bonds. The van der Waals surface area contributed by atoms with E-state index in [9.17, 15) is 5.11 Å². The molecule has 2 heterocycles. The van der Waals surface area contributed by atoms with Crippen LogP contribution in [0.3, 0.4) is 0 Å². The van der Waals surface area contributed by atoms with Crippen LogP contribution in [0.2, 0.25) is 0 Å². The van der Waals surface area contributed by atoms with Crippen molar-refractivity contribution in [2.45, 2.75) is 39.2 Å². The zero-order valence-electron chi connectivity index (χ0n) is 11.9. The van der Waals surface area contributed by atoms with E-state index in [1.165, 1.54) is 11.1 Å². The van der Waals surface area contributed by atoms with E-state index in [4.69, 9.17) is 0 Å². The molecule has 0 aliphatic carbocycles. The maximum absolute atomic E-state index is 9.34. The second-order valence-electron chi connectivity index (χ2n) is 5.66. The first kappa shape index (κ1) is 13.3. The Morgan fingerprint density at radius 3 is 2.90 bits per heavy atom. The van der Waals surface area contributed by atoms with Crippen molar-refractivity contribution < 1.29 is 5.11 Å². The minimum absolute atomic E-state index is 0.259. The largest absolute Gasteiger partial charge is 0.396 e. The molecule has 0 bridgehead atoms. The highest BCUT2D eigenvalue weighted by Gasteiger charge is 2.22. The van der Waals surface area contributed by atoms with Crippen LogP contribution in [0.25, 0.3) is 0 Å². The van der Waals surface area contributed by atoms with E-state index in [1.807, 2.05) is 0 Å². The number of aromatic nitrogens is 3. The molecule has 1 unspecified atom stereocenters. The summed E-state index contributed by atoms with van der Waals surface area (Å²) in [6.45, 7) is 3.27. The number of hydrogen-bond acceptors (Lipinski definition) is 3. The number of hydrogen-bond donors (Lipinski definition) is 1. The summed E-state index contributed by atoms with van der Waals surface area (Å²) >= 11 is 0. The number of rotatable bonds is 4. The van der Waals surface area contributed by atoms with Gasteiger partial charge in [-0.3, -0.25) is 0 Å². The standard InChI is InChI=1S/C16H21N3O/c1-12-4-2-3-5-14(12)7-9-16-18-17-15-8-6-13(11-20)10-19(15)16/h2-5,13,20H,6-11H2,1H3. The van der Waals surface area contributed by atoms with Crippen LogP contribution in [0, 0.1) is 12.8 Å². The van der Waals surface area contributed by atoms with Gasteiger partial charge in [0.25, 0.3) is 0 Å². The summed E-state index contributed by atoms with van der Waals surface area (Å²) < 4.78 is 2.21. The van der Waals surface area contributed by atoms with E-state index < -0.39 is 0 Å². The van der Waals surface area contributed by atoms with Gasteiger partial charge < -0.3 is 9.67 Å². The van der Waals surface area contributed by atoms with Crippen molar-refractivity contribution in [2.75, 3.05) is 6.61 Å². The fourth-order valence-electron chi connectivity index (χ4n) is 2.92. The van der Waals surface area contributed by atoms with Crippen LogP contribution in [0.4, 0.5) is 0 Å². The molecule has 0 fully saturated rings. The number of aliphatic hydroxyl groups is 1. The third-order valence-corrected chi connectivity index (χ3v) is 4.26. The van der Waals surface area contributed by atoms with Crippen molar-refractivity contribution >= 4 is 0 Å². The number of fused-ring (bicyclic) bond motifs is 1. The fourth-order valence-corrected chi connectivity index (χ4v) is 2.92. The number of aliphatic hydroxyl groups excluding tert-OH is 1. The summed E-state index contributed by atoms with van der Waals surface area (Å²) in [5, 5.41) is 18.0. The molecule has 0 saturated heterocycles. The van der Waals surface area contributed by atoms with E-state index >= 15 is 0 Å². The predicted octanol–water partition coefficient (Wildman–Crippen LogP) is 1.93. The monoisotopic (exact) mass is 271 g/mol. The van der Waals surface area contributed by atoms with Crippen LogP contribution >= 0.6 is 0 Å². The summed E-state index contributed by atoms with van der Waals surface area (Å²) in [5.74, 6) is 2.49. The summed E-state index contributed by atoms with van der Waals surface area (Å²) in [6.07, 6.45) is 3.86. The van der Waals surface area contributed by atoms with E-state index in [2.05, 4.69) is 46.0 Å². The van der Waals surface area contributed by atoms with Crippen molar-refractivity contribution in [3.8, 4) is 0 Å². The quantitative estimate of drug-likeness (QED) is 0.924. The van der Waals surface area contributed by atoms with Crippen LogP contribution in [-0.4, -0.2) is 26.5 Å². The lowest BCUT2D eigenvalue weighted by molar-refractivity contribution is 0.189. The van der Waals surface area contributed by atoms with Gasteiger partial charge in [0.15, 0.2) is 0 Å². The van der Waals surface area contributed by atoms with Gasteiger partial charge in [-0.15, -0.1) is 10.2 Å². The molecular formula is C16H21N3O. The molecule has 4 nitrogen and oxygen atoms in total. The molecule has 1 aromatic heterocycles. The first-order valence-corrected chi connectivity index (χ1v) is 7.34. The highest BCUT2D eigenvalue weighted by molar-refractivity contribution is 5.26. The normalized spacial score (nSPS) is 18.0. The Labute approximate surface area is 119 Å². The van der Waals surface area contributed by atoms with Crippen LogP contribution in [0.5, 0.6) is 0 Å². The molecule has 1 N–H and O–H groups in total. The van der Waals surface area contributed by atoms with Crippen LogP contribution in [0.1, 0.15) is 29.2 Å². The van der Waals surface area contributed by atoms with Gasteiger partial charge in [-0.2, -0.15) is 0 Å². The van der Waals surface area contributed by atoms with Crippen LogP contribution < -0.4 is 0 Å². The zero-order chi connectivity index (χ0) is 13.9. The van der Waals surface area contributed by atoms with Gasteiger partial charge in [0, 0.05) is 31.9 Å². The van der Waals surface area contributed by atoms with Gasteiger partial charge in [-0.1, -0.05) is 24.3 Å². The zero-order valence-corrected chi connectivity index (χ0v) is 11.9. The first-order valence-electron chi connectivity index (χ1n) is 7.34. The van der Waals surface area contributed by atoms with Gasteiger partial charge in [0.05, 0.1) is 0 Å². The maximum atomic E-state index is 9.34. The Morgan fingerprint density at radius 2 is 2.10 bits per heavy atom. The summed E-state index contributed by atoms with van der Waals surface area (Å²) in [7, 11) is 0. The Balaban J connectivity index is 1.73. The molecule has 2 aromatic rings. The molecule has 0 spiro atoms. The molecular weight excluding hydrogens is 250 g/mol. The highest BCUT2D eigenvalue weighted by atomic mass is 16.3. The van der Waals surface area contributed by atoms with Crippen molar-refractivity contribution in [1.29, 1.82) is 0 Å². The molecule has 1 aromatic carbocycles. The third kappa shape index (κ3) is 2.61. The lowest BCUT2D eigenvalue weighted by Crippen LogP contribution is -2.24. The number of benzene rings is 1. The van der Waals surface area contributed by atoms with Crippen LogP contribution in [-0.2, 0) is 25.8 Å². The predicted molar refractivity (Wildman–Crippen MR) is 77.5 cm³/mol. The Morgan fingerprint density at radius 1 is 1.25 bits per heavy atom. The van der Waals surface area contributed by atoms with Gasteiger partial charge in [0.2, 0.25) is 0 Å². The summed E-state index contributed by atoms with van der Waals surface area (Å²) in [5.41, 5.74) is 2.71. The van der Waals surface area contributed by atoms with E-state index in [-0.39, 0.29) is 6.61 Å². The molecule has 0 saturated carbocycles. The van der Waals surface area contributed by atoms with Gasteiger partial charge in [-0.25, -0.2) is 0 Å². The minimum atomic E-state index is 0.259. The van der Waals surface area contributed by atoms with E-state index in [1.54, 1.807) is 0 Å². The fraction of sp³-hybridized carbons (Fsp3) is 0.500. The molecule has 1 aliphatic heterocycles. The van der Waals surface area contributed by atoms with Gasteiger partial charge >= 0.3 is 0 Å². The molecule has 1 aliphatic rings. The van der Waals surface area contributed by atoms with Crippen molar-refractivity contribution in [1.82, 2.24) is 14.8 Å². The topological polar surface area (TPSA) is 50.9 Å². The molecule has 4 heteroatoms.